The fraction of sp³-hybridized carbons (Fsp3) is 0.351. The Kier molecular flexibility index (Phi) is 9.09. The highest BCUT2D eigenvalue weighted by Crippen LogP contribution is 2.48. The molecule has 1 N–H and O–H groups in total. The molecule has 0 fully saturated rings. The molecule has 44 heavy (non-hydrogen) atoms. The van der Waals surface area contributed by atoms with Gasteiger partial charge in [-0.25, -0.2) is 9.78 Å². The number of fused-ring (bicyclic) bond motifs is 1. The average Bonchev–Trinajstić information content (AvgIpc) is 3.50. The van der Waals surface area contributed by atoms with Crippen LogP contribution in [0.1, 0.15) is 55.4 Å². The summed E-state index contributed by atoms with van der Waals surface area (Å²) < 4.78 is 11.5. The van der Waals surface area contributed by atoms with Crippen molar-refractivity contribution in [3.63, 3.8) is 0 Å². The molecular weight excluding hydrogens is 550 g/mol. The molecule has 0 aliphatic carbocycles. The zero-order valence-corrected chi connectivity index (χ0v) is 26.6. The first kappa shape index (κ1) is 31.2. The van der Waals surface area contributed by atoms with E-state index in [2.05, 4.69) is 41.3 Å². The van der Waals surface area contributed by atoms with E-state index in [9.17, 15) is 9.90 Å². The summed E-state index contributed by atoms with van der Waals surface area (Å²) in [7, 11) is 5.66. The lowest BCUT2D eigenvalue weighted by molar-refractivity contribution is 0.00514. The first-order valence-corrected chi connectivity index (χ1v) is 15.1. The first-order chi connectivity index (χ1) is 21.0. The van der Waals surface area contributed by atoms with Gasteiger partial charge in [-0.05, 0) is 80.4 Å². The largest absolute Gasteiger partial charge is 0.481 e. The molecule has 0 spiro atoms. The van der Waals surface area contributed by atoms with Gasteiger partial charge in [0.2, 0.25) is 5.88 Å². The maximum atomic E-state index is 13.2. The van der Waals surface area contributed by atoms with Gasteiger partial charge in [0.25, 0.3) is 0 Å². The molecule has 7 nitrogen and oxygen atoms in total. The fourth-order valence-corrected chi connectivity index (χ4v) is 6.04. The van der Waals surface area contributed by atoms with Crippen LogP contribution in [0.25, 0.3) is 16.3 Å². The summed E-state index contributed by atoms with van der Waals surface area (Å²) in [5.41, 5.74) is 2.54. The minimum Gasteiger partial charge on any atom is -0.481 e. The Morgan fingerprint density at radius 1 is 1.02 bits per heavy atom. The van der Waals surface area contributed by atoms with Crippen LogP contribution >= 0.6 is 0 Å². The fourth-order valence-electron chi connectivity index (χ4n) is 6.04. The van der Waals surface area contributed by atoms with Gasteiger partial charge in [-0.3, -0.25) is 0 Å². The second-order valence-electron chi connectivity index (χ2n) is 12.8. The number of rotatable bonds is 9. The van der Waals surface area contributed by atoms with Crippen LogP contribution in [0.2, 0.25) is 0 Å². The van der Waals surface area contributed by atoms with E-state index in [0.717, 1.165) is 38.6 Å². The van der Waals surface area contributed by atoms with Crippen LogP contribution < -0.4 is 4.74 Å². The van der Waals surface area contributed by atoms with Gasteiger partial charge in [0.15, 0.2) is 0 Å². The number of amides is 1. The van der Waals surface area contributed by atoms with E-state index < -0.39 is 17.1 Å². The SMILES string of the molecule is COc1ncc(C2=CCN(C(=O)OC(C)(C)C)C2)cc1C(c1ccccc1)C(O)(CCN(C)C)c1cccc2ccccc12. The summed E-state index contributed by atoms with van der Waals surface area (Å²) in [5, 5.41) is 15.3. The standard InChI is InChI=1S/C37H43N3O4/c1-36(2,3)44-35(41)40-21-19-28(25-40)29-23-31(34(43-6)38-24-29)33(27-14-8-7-9-15-27)37(42,20-22-39(4)5)32-18-12-16-26-13-10-11-17-30(26)32/h7-19,23-24,33,42H,20-22,25H2,1-6H3. The van der Waals surface area contributed by atoms with E-state index in [0.29, 0.717) is 31.9 Å². The summed E-state index contributed by atoms with van der Waals surface area (Å²) in [6.07, 6.45) is 3.95. The Labute approximate surface area is 260 Å². The van der Waals surface area contributed by atoms with Gasteiger partial charge in [-0.15, -0.1) is 0 Å². The highest BCUT2D eigenvalue weighted by molar-refractivity contribution is 5.87. The van der Waals surface area contributed by atoms with Crippen molar-refractivity contribution < 1.29 is 19.4 Å². The molecule has 2 atom stereocenters. The van der Waals surface area contributed by atoms with E-state index in [4.69, 9.17) is 14.5 Å². The molecular formula is C37H43N3O4. The van der Waals surface area contributed by atoms with Crippen LogP contribution in [0.15, 0.2) is 91.1 Å². The molecule has 5 rings (SSSR count). The van der Waals surface area contributed by atoms with Crippen molar-refractivity contribution in [1.29, 1.82) is 0 Å². The van der Waals surface area contributed by atoms with Crippen LogP contribution in [-0.2, 0) is 10.3 Å². The summed E-state index contributed by atoms with van der Waals surface area (Å²) in [6, 6.07) is 26.5. The van der Waals surface area contributed by atoms with Crippen LogP contribution in [0.3, 0.4) is 0 Å². The van der Waals surface area contributed by atoms with Gasteiger partial charge in [0.05, 0.1) is 7.11 Å². The van der Waals surface area contributed by atoms with Crippen LogP contribution in [0.4, 0.5) is 4.79 Å². The van der Waals surface area contributed by atoms with E-state index in [1.165, 1.54) is 0 Å². The lowest BCUT2D eigenvalue weighted by Crippen LogP contribution is -2.38. The Morgan fingerprint density at radius 2 is 1.73 bits per heavy atom. The number of carbonyl (C=O) groups excluding carboxylic acids is 1. The molecule has 0 saturated heterocycles. The zero-order valence-electron chi connectivity index (χ0n) is 26.6. The molecule has 4 aromatic rings. The highest BCUT2D eigenvalue weighted by atomic mass is 16.6. The van der Waals surface area contributed by atoms with Gasteiger partial charge in [0.1, 0.15) is 11.2 Å². The van der Waals surface area contributed by atoms with Crippen molar-refractivity contribution in [3.05, 3.63) is 113 Å². The maximum Gasteiger partial charge on any atom is 0.410 e. The quantitative estimate of drug-likeness (QED) is 0.229. The smallest absolute Gasteiger partial charge is 0.410 e. The number of pyridine rings is 1. The Balaban J connectivity index is 1.66. The maximum absolute atomic E-state index is 13.2. The monoisotopic (exact) mass is 593 g/mol. The van der Waals surface area contributed by atoms with Crippen LogP contribution in [-0.4, -0.2) is 72.4 Å². The van der Waals surface area contributed by atoms with E-state index in [1.54, 1.807) is 18.2 Å². The third-order valence-electron chi connectivity index (χ3n) is 8.13. The minimum absolute atomic E-state index is 0.346. The van der Waals surface area contributed by atoms with E-state index in [-0.39, 0.29) is 6.09 Å². The number of aliphatic hydroxyl groups is 1. The van der Waals surface area contributed by atoms with Crippen molar-refractivity contribution in [2.75, 3.05) is 40.8 Å². The number of ether oxygens (including phenoxy) is 2. The van der Waals surface area contributed by atoms with Gasteiger partial charge in [-0.2, -0.15) is 0 Å². The van der Waals surface area contributed by atoms with Crippen LogP contribution in [0, 0.1) is 0 Å². The molecule has 1 aliphatic rings. The Morgan fingerprint density at radius 3 is 2.43 bits per heavy atom. The van der Waals surface area contributed by atoms with Crippen molar-refractivity contribution in [1.82, 2.24) is 14.8 Å². The number of carbonyl (C=O) groups is 1. The predicted octanol–water partition coefficient (Wildman–Crippen LogP) is 6.85. The summed E-state index contributed by atoms with van der Waals surface area (Å²) in [6.45, 7) is 7.13. The molecule has 2 heterocycles. The Bertz CT molecular complexity index is 1640. The molecule has 2 unspecified atom stereocenters. The molecule has 0 radical (unpaired) electrons. The van der Waals surface area contributed by atoms with Crippen molar-refractivity contribution in [2.45, 2.75) is 44.3 Å². The molecule has 3 aromatic carbocycles. The van der Waals surface area contributed by atoms with Gasteiger partial charge < -0.3 is 24.4 Å². The average molecular weight is 594 g/mol. The van der Waals surface area contributed by atoms with Gasteiger partial charge in [-0.1, -0.05) is 78.9 Å². The van der Waals surface area contributed by atoms with Gasteiger partial charge >= 0.3 is 6.09 Å². The number of hydrogen-bond donors (Lipinski definition) is 1. The first-order valence-electron chi connectivity index (χ1n) is 15.1. The number of benzene rings is 3. The molecule has 1 amide bonds. The number of nitrogens with zero attached hydrogens (tertiary/aromatic N) is 3. The Hall–Kier alpha value is -4.20. The lowest BCUT2D eigenvalue weighted by atomic mass is 9.70. The molecule has 1 aromatic heterocycles. The molecule has 1 aliphatic heterocycles. The second kappa shape index (κ2) is 12.8. The van der Waals surface area contributed by atoms with E-state index >= 15 is 0 Å². The van der Waals surface area contributed by atoms with Crippen molar-refractivity contribution >= 4 is 22.4 Å². The number of aromatic nitrogens is 1. The summed E-state index contributed by atoms with van der Waals surface area (Å²) in [5.74, 6) is -0.0606. The van der Waals surface area contributed by atoms with Crippen molar-refractivity contribution in [2.24, 2.45) is 0 Å². The van der Waals surface area contributed by atoms with Crippen molar-refractivity contribution in [3.8, 4) is 5.88 Å². The van der Waals surface area contributed by atoms with Gasteiger partial charge in [0, 0.05) is 37.3 Å². The highest BCUT2D eigenvalue weighted by Gasteiger charge is 2.43. The topological polar surface area (TPSA) is 75.1 Å². The predicted molar refractivity (Wildman–Crippen MR) is 176 cm³/mol. The minimum atomic E-state index is -1.33. The summed E-state index contributed by atoms with van der Waals surface area (Å²) >= 11 is 0. The van der Waals surface area contributed by atoms with Crippen LogP contribution in [0.5, 0.6) is 5.88 Å². The molecule has 0 bridgehead atoms. The second-order valence-corrected chi connectivity index (χ2v) is 12.8. The third-order valence-corrected chi connectivity index (χ3v) is 8.13. The number of hydrogen-bond acceptors (Lipinski definition) is 6. The molecule has 7 heteroatoms. The summed E-state index contributed by atoms with van der Waals surface area (Å²) in [4.78, 5) is 21.4. The molecule has 230 valence electrons. The lowest BCUT2D eigenvalue weighted by Gasteiger charge is -2.39. The zero-order chi connectivity index (χ0) is 31.5. The number of methoxy groups -OCH3 is 1. The normalized spacial score (nSPS) is 15.6. The third kappa shape index (κ3) is 6.64. The van der Waals surface area contributed by atoms with E-state index in [1.807, 2.05) is 83.4 Å². The molecule has 0 saturated carbocycles.